The Hall–Kier alpha value is -0.160. The van der Waals surface area contributed by atoms with Gasteiger partial charge in [-0.3, -0.25) is 9.80 Å². The summed E-state index contributed by atoms with van der Waals surface area (Å²) < 4.78 is 6.27. The van der Waals surface area contributed by atoms with Gasteiger partial charge in [-0.05, 0) is 25.7 Å². The molecule has 3 heterocycles. The van der Waals surface area contributed by atoms with Crippen LogP contribution >= 0.6 is 0 Å². The maximum atomic E-state index is 6.27. The van der Waals surface area contributed by atoms with Crippen LogP contribution in [-0.2, 0) is 4.74 Å². The normalized spacial score (nSPS) is 35.7. The molecule has 4 aliphatic rings. The van der Waals surface area contributed by atoms with E-state index in [0.29, 0.717) is 0 Å². The average Bonchev–Trinajstić information content (AvgIpc) is 2.47. The number of rotatable bonds is 2. The van der Waals surface area contributed by atoms with Gasteiger partial charge >= 0.3 is 0 Å². The van der Waals surface area contributed by atoms with Crippen LogP contribution in [0.2, 0.25) is 0 Å². The second kappa shape index (κ2) is 6.15. The average molecular weight is 293 g/mol. The molecule has 4 heteroatoms. The fourth-order valence-corrected chi connectivity index (χ4v) is 4.86. The van der Waals surface area contributed by atoms with Crippen molar-refractivity contribution in [1.29, 1.82) is 0 Å². The summed E-state index contributed by atoms with van der Waals surface area (Å²) in [5.74, 6) is 0. The molecule has 3 aliphatic heterocycles. The summed E-state index contributed by atoms with van der Waals surface area (Å²) in [7, 11) is 0. The molecule has 0 aromatic heterocycles. The molecule has 4 nitrogen and oxygen atoms in total. The first-order chi connectivity index (χ1) is 10.3. The smallest absolute Gasteiger partial charge is 0.0697 e. The van der Waals surface area contributed by atoms with Crippen molar-refractivity contribution in [1.82, 2.24) is 15.1 Å². The Labute approximate surface area is 129 Å². The zero-order valence-corrected chi connectivity index (χ0v) is 13.4. The quantitative estimate of drug-likeness (QED) is 0.834. The van der Waals surface area contributed by atoms with Gasteiger partial charge in [-0.15, -0.1) is 0 Å². The van der Waals surface area contributed by atoms with Gasteiger partial charge in [0, 0.05) is 58.0 Å². The highest BCUT2D eigenvalue weighted by Gasteiger charge is 2.41. The molecule has 120 valence electrons. The minimum Gasteiger partial charge on any atom is -0.375 e. The molecular weight excluding hydrogens is 262 g/mol. The molecule has 1 saturated carbocycles. The molecule has 0 amide bonds. The van der Waals surface area contributed by atoms with E-state index in [1.807, 2.05) is 0 Å². The topological polar surface area (TPSA) is 27.7 Å². The highest BCUT2D eigenvalue weighted by atomic mass is 16.5. The van der Waals surface area contributed by atoms with E-state index in [0.717, 1.165) is 18.7 Å². The molecule has 0 aromatic carbocycles. The lowest BCUT2D eigenvalue weighted by Crippen LogP contribution is -2.63. The van der Waals surface area contributed by atoms with E-state index in [2.05, 4.69) is 15.1 Å². The molecular formula is C17H31N3O. The second-order valence-electron chi connectivity index (χ2n) is 7.62. The van der Waals surface area contributed by atoms with Crippen LogP contribution in [0.5, 0.6) is 0 Å². The summed E-state index contributed by atoms with van der Waals surface area (Å²) >= 11 is 0. The largest absolute Gasteiger partial charge is 0.375 e. The van der Waals surface area contributed by atoms with Crippen molar-refractivity contribution in [3.05, 3.63) is 0 Å². The number of nitrogens with zero attached hydrogens (tertiary/aromatic N) is 2. The summed E-state index contributed by atoms with van der Waals surface area (Å²) in [6.45, 7) is 8.51. The van der Waals surface area contributed by atoms with E-state index >= 15 is 0 Å². The van der Waals surface area contributed by atoms with Crippen molar-refractivity contribution in [3.63, 3.8) is 0 Å². The van der Waals surface area contributed by atoms with Gasteiger partial charge in [-0.25, -0.2) is 0 Å². The Bertz CT molecular complexity index is 338. The first kappa shape index (κ1) is 14.4. The molecule has 21 heavy (non-hydrogen) atoms. The Morgan fingerprint density at radius 3 is 2.14 bits per heavy atom. The van der Waals surface area contributed by atoms with Gasteiger partial charge in [0.05, 0.1) is 5.60 Å². The van der Waals surface area contributed by atoms with Crippen LogP contribution in [0.15, 0.2) is 0 Å². The molecule has 1 spiro atoms. The standard InChI is InChI=1S/C17H31N3O/c1-2-5-17(6-3-1)12-15(4-11-21-17)19-7-9-20(10-8-19)16-13-18-14-16/h15-16,18H,1-14H2. The summed E-state index contributed by atoms with van der Waals surface area (Å²) in [4.78, 5) is 5.48. The molecule has 0 bridgehead atoms. The Morgan fingerprint density at radius 2 is 1.52 bits per heavy atom. The van der Waals surface area contributed by atoms with Crippen LogP contribution in [-0.4, -0.2) is 73.4 Å². The van der Waals surface area contributed by atoms with Gasteiger partial charge in [0.15, 0.2) is 0 Å². The van der Waals surface area contributed by atoms with Gasteiger partial charge < -0.3 is 10.1 Å². The highest BCUT2D eigenvalue weighted by Crippen LogP contribution is 2.40. The van der Waals surface area contributed by atoms with E-state index in [1.165, 1.54) is 84.2 Å². The van der Waals surface area contributed by atoms with E-state index in [9.17, 15) is 0 Å². The number of ether oxygens (including phenoxy) is 1. The summed E-state index contributed by atoms with van der Waals surface area (Å²) in [5, 5.41) is 3.40. The molecule has 1 N–H and O–H groups in total. The predicted molar refractivity (Wildman–Crippen MR) is 84.6 cm³/mol. The maximum absolute atomic E-state index is 6.27. The van der Waals surface area contributed by atoms with Crippen LogP contribution in [0.1, 0.15) is 44.9 Å². The fraction of sp³-hybridized carbons (Fsp3) is 1.00. The third-order valence-corrected chi connectivity index (χ3v) is 6.37. The minimum atomic E-state index is 0.260. The number of hydrogen-bond donors (Lipinski definition) is 1. The summed E-state index contributed by atoms with van der Waals surface area (Å²) in [6, 6.07) is 1.62. The lowest BCUT2D eigenvalue weighted by Gasteiger charge is -2.49. The molecule has 1 unspecified atom stereocenters. The van der Waals surface area contributed by atoms with E-state index in [4.69, 9.17) is 4.74 Å². The Morgan fingerprint density at radius 1 is 0.857 bits per heavy atom. The fourth-order valence-electron chi connectivity index (χ4n) is 4.86. The Kier molecular flexibility index (Phi) is 4.23. The van der Waals surface area contributed by atoms with Gasteiger partial charge in [0.1, 0.15) is 0 Å². The minimum absolute atomic E-state index is 0.260. The Balaban J connectivity index is 1.31. The van der Waals surface area contributed by atoms with Crippen LogP contribution in [0.25, 0.3) is 0 Å². The zero-order valence-electron chi connectivity index (χ0n) is 13.4. The third kappa shape index (κ3) is 3.00. The predicted octanol–water partition coefficient (Wildman–Crippen LogP) is 1.46. The second-order valence-corrected chi connectivity index (χ2v) is 7.62. The van der Waals surface area contributed by atoms with Gasteiger partial charge in [-0.2, -0.15) is 0 Å². The van der Waals surface area contributed by atoms with Crippen LogP contribution in [0.3, 0.4) is 0 Å². The summed E-state index contributed by atoms with van der Waals surface area (Å²) in [6.07, 6.45) is 9.38. The van der Waals surface area contributed by atoms with Gasteiger partial charge in [0.25, 0.3) is 0 Å². The van der Waals surface area contributed by atoms with E-state index < -0.39 is 0 Å². The molecule has 4 rings (SSSR count). The van der Waals surface area contributed by atoms with Crippen molar-refractivity contribution < 1.29 is 4.74 Å². The van der Waals surface area contributed by atoms with Crippen LogP contribution in [0, 0.1) is 0 Å². The van der Waals surface area contributed by atoms with E-state index in [-0.39, 0.29) is 5.60 Å². The lowest BCUT2D eigenvalue weighted by molar-refractivity contribution is -0.128. The van der Waals surface area contributed by atoms with Gasteiger partial charge in [0.2, 0.25) is 0 Å². The van der Waals surface area contributed by atoms with Crippen molar-refractivity contribution in [2.24, 2.45) is 0 Å². The molecule has 1 atom stereocenters. The summed E-state index contributed by atoms with van der Waals surface area (Å²) in [5.41, 5.74) is 0.260. The number of nitrogens with one attached hydrogen (secondary N) is 1. The molecule has 3 saturated heterocycles. The monoisotopic (exact) mass is 293 g/mol. The van der Waals surface area contributed by atoms with Crippen LogP contribution < -0.4 is 5.32 Å². The van der Waals surface area contributed by atoms with Crippen molar-refractivity contribution in [2.45, 2.75) is 62.6 Å². The van der Waals surface area contributed by atoms with Crippen molar-refractivity contribution in [3.8, 4) is 0 Å². The zero-order chi connectivity index (χ0) is 14.1. The number of hydrogen-bond acceptors (Lipinski definition) is 4. The highest BCUT2D eigenvalue weighted by molar-refractivity contribution is 4.95. The first-order valence-corrected chi connectivity index (χ1v) is 9.17. The molecule has 0 radical (unpaired) electrons. The maximum Gasteiger partial charge on any atom is 0.0697 e. The van der Waals surface area contributed by atoms with Crippen LogP contribution in [0.4, 0.5) is 0 Å². The third-order valence-electron chi connectivity index (χ3n) is 6.37. The van der Waals surface area contributed by atoms with E-state index in [1.54, 1.807) is 0 Å². The van der Waals surface area contributed by atoms with Crippen molar-refractivity contribution in [2.75, 3.05) is 45.9 Å². The molecule has 0 aromatic rings. The first-order valence-electron chi connectivity index (χ1n) is 9.17. The SMILES string of the molecule is C1CCC2(CC1)CC(N1CCN(C3CNC3)CC1)CCO2. The molecule has 4 fully saturated rings. The van der Waals surface area contributed by atoms with Gasteiger partial charge in [-0.1, -0.05) is 19.3 Å². The molecule has 1 aliphatic carbocycles. The lowest BCUT2D eigenvalue weighted by atomic mass is 9.78. The number of piperazine rings is 1. The van der Waals surface area contributed by atoms with Crippen molar-refractivity contribution >= 4 is 0 Å².